The number of nitrogens with zero attached hydrogens (tertiary/aromatic N) is 2. The zero-order valence-corrected chi connectivity index (χ0v) is 15.1. The molecule has 25 heavy (non-hydrogen) atoms. The molecule has 2 fully saturated rings. The van der Waals surface area contributed by atoms with E-state index in [1.165, 1.54) is 11.1 Å². The molecule has 136 valence electrons. The number of urea groups is 1. The molecule has 1 saturated heterocycles. The van der Waals surface area contributed by atoms with Crippen molar-refractivity contribution in [2.75, 3.05) is 26.2 Å². The predicted molar refractivity (Wildman–Crippen MR) is 97.2 cm³/mol. The first-order valence-electron chi connectivity index (χ1n) is 9.15. The molecule has 2 N–H and O–H groups in total. The highest BCUT2D eigenvalue weighted by molar-refractivity contribution is 5.97. The van der Waals surface area contributed by atoms with Crippen LogP contribution in [-0.4, -0.2) is 60.0 Å². The van der Waals surface area contributed by atoms with E-state index in [0.717, 1.165) is 45.6 Å². The quantitative estimate of drug-likeness (QED) is 0.849. The summed E-state index contributed by atoms with van der Waals surface area (Å²) in [6, 6.07) is 8.07. The molecule has 0 radical (unpaired) electrons. The minimum atomic E-state index is -0.363. The molecule has 6 nitrogen and oxygen atoms in total. The van der Waals surface area contributed by atoms with Gasteiger partial charge in [0.05, 0.1) is 6.04 Å². The normalized spacial score (nSPS) is 20.1. The topological polar surface area (TPSA) is 64.7 Å². The van der Waals surface area contributed by atoms with Crippen molar-refractivity contribution in [2.45, 2.75) is 45.3 Å². The molecule has 1 heterocycles. The number of amides is 3. The van der Waals surface area contributed by atoms with Crippen molar-refractivity contribution in [1.82, 2.24) is 20.4 Å². The lowest BCUT2D eigenvalue weighted by Gasteiger charge is -2.37. The maximum absolute atomic E-state index is 12.2. The molecule has 0 aromatic heterocycles. The standard InChI is InChI=1S/C19H28N4O2/c1-14-5-3-4-6-16(14)13-22-9-11-23(12-10-22)15(2)18(24)21-19(25)20-17-7-8-17/h3-6,15,17H,7-13H2,1-2H3,(H2,20,21,24,25)/t15-/m0/s1. The molecule has 2 aliphatic rings. The van der Waals surface area contributed by atoms with Crippen LogP contribution in [-0.2, 0) is 11.3 Å². The van der Waals surface area contributed by atoms with E-state index in [1.807, 2.05) is 6.92 Å². The fourth-order valence-electron chi connectivity index (χ4n) is 3.17. The van der Waals surface area contributed by atoms with E-state index in [4.69, 9.17) is 0 Å². The summed E-state index contributed by atoms with van der Waals surface area (Å²) in [4.78, 5) is 28.5. The number of carbonyl (C=O) groups is 2. The van der Waals surface area contributed by atoms with E-state index in [9.17, 15) is 9.59 Å². The number of imide groups is 1. The van der Waals surface area contributed by atoms with Crippen LogP contribution in [0.15, 0.2) is 24.3 Å². The van der Waals surface area contributed by atoms with E-state index in [2.05, 4.69) is 51.6 Å². The Kier molecular flexibility index (Phi) is 5.71. The number of piperazine rings is 1. The molecule has 1 aromatic rings. The van der Waals surface area contributed by atoms with Gasteiger partial charge in [0.1, 0.15) is 0 Å². The summed E-state index contributed by atoms with van der Waals surface area (Å²) >= 11 is 0. The molecule has 3 amide bonds. The summed E-state index contributed by atoms with van der Waals surface area (Å²) in [5.74, 6) is -0.217. The van der Waals surface area contributed by atoms with Gasteiger partial charge in [0, 0.05) is 38.8 Å². The van der Waals surface area contributed by atoms with Gasteiger partial charge in [0.15, 0.2) is 0 Å². The molecule has 1 atom stereocenters. The van der Waals surface area contributed by atoms with Crippen LogP contribution in [0.4, 0.5) is 4.79 Å². The molecule has 0 bridgehead atoms. The first-order chi connectivity index (χ1) is 12.0. The molecular formula is C19H28N4O2. The number of carbonyl (C=O) groups excluding carboxylic acids is 2. The third kappa shape index (κ3) is 5.03. The summed E-state index contributed by atoms with van der Waals surface area (Å²) in [5.41, 5.74) is 2.68. The minimum absolute atomic E-state index is 0.217. The average molecular weight is 344 g/mol. The van der Waals surface area contributed by atoms with Crippen LogP contribution in [0, 0.1) is 6.92 Å². The third-order valence-corrected chi connectivity index (χ3v) is 5.14. The smallest absolute Gasteiger partial charge is 0.321 e. The van der Waals surface area contributed by atoms with Gasteiger partial charge in [0.2, 0.25) is 5.91 Å². The average Bonchev–Trinajstić information content (AvgIpc) is 3.40. The van der Waals surface area contributed by atoms with Crippen molar-refractivity contribution in [3.63, 3.8) is 0 Å². The van der Waals surface area contributed by atoms with Crippen LogP contribution >= 0.6 is 0 Å². The van der Waals surface area contributed by atoms with Crippen LogP contribution in [0.2, 0.25) is 0 Å². The number of rotatable bonds is 5. The Bertz CT molecular complexity index is 622. The molecule has 1 aromatic carbocycles. The molecule has 3 rings (SSSR count). The van der Waals surface area contributed by atoms with Crippen molar-refractivity contribution in [3.05, 3.63) is 35.4 Å². The van der Waals surface area contributed by atoms with Crippen molar-refractivity contribution in [1.29, 1.82) is 0 Å². The van der Waals surface area contributed by atoms with E-state index in [0.29, 0.717) is 0 Å². The maximum Gasteiger partial charge on any atom is 0.321 e. The number of hydrogen-bond acceptors (Lipinski definition) is 4. The van der Waals surface area contributed by atoms with Crippen molar-refractivity contribution >= 4 is 11.9 Å². The van der Waals surface area contributed by atoms with Crippen LogP contribution in [0.25, 0.3) is 0 Å². The van der Waals surface area contributed by atoms with Crippen molar-refractivity contribution in [3.8, 4) is 0 Å². The van der Waals surface area contributed by atoms with Gasteiger partial charge >= 0.3 is 6.03 Å². The highest BCUT2D eigenvalue weighted by atomic mass is 16.2. The van der Waals surface area contributed by atoms with E-state index in [-0.39, 0.29) is 24.0 Å². The van der Waals surface area contributed by atoms with Gasteiger partial charge in [-0.25, -0.2) is 4.79 Å². The Morgan fingerprint density at radius 1 is 1.16 bits per heavy atom. The lowest BCUT2D eigenvalue weighted by Crippen LogP contribution is -2.55. The van der Waals surface area contributed by atoms with E-state index < -0.39 is 0 Å². The number of benzene rings is 1. The number of nitrogens with one attached hydrogen (secondary N) is 2. The monoisotopic (exact) mass is 344 g/mol. The summed E-state index contributed by atoms with van der Waals surface area (Å²) in [6.07, 6.45) is 2.03. The Hall–Kier alpha value is -1.92. The number of aryl methyl sites for hydroxylation is 1. The predicted octanol–water partition coefficient (Wildman–Crippen LogP) is 1.49. The summed E-state index contributed by atoms with van der Waals surface area (Å²) in [6.45, 7) is 8.50. The first kappa shape index (κ1) is 17.9. The number of hydrogen-bond donors (Lipinski definition) is 2. The zero-order chi connectivity index (χ0) is 17.8. The second-order valence-electron chi connectivity index (χ2n) is 7.15. The molecule has 0 unspecified atom stereocenters. The maximum atomic E-state index is 12.2. The minimum Gasteiger partial charge on any atom is -0.335 e. The zero-order valence-electron chi connectivity index (χ0n) is 15.1. The van der Waals surface area contributed by atoms with Gasteiger partial charge in [-0.1, -0.05) is 24.3 Å². The van der Waals surface area contributed by atoms with Crippen LogP contribution < -0.4 is 10.6 Å². The van der Waals surface area contributed by atoms with Gasteiger partial charge < -0.3 is 5.32 Å². The molecule has 1 aliphatic carbocycles. The van der Waals surface area contributed by atoms with Gasteiger partial charge in [-0.05, 0) is 37.8 Å². The third-order valence-electron chi connectivity index (χ3n) is 5.14. The van der Waals surface area contributed by atoms with Gasteiger partial charge in [0.25, 0.3) is 0 Å². The van der Waals surface area contributed by atoms with Gasteiger partial charge in [-0.2, -0.15) is 0 Å². The second kappa shape index (κ2) is 7.97. The molecule has 0 spiro atoms. The SMILES string of the molecule is Cc1ccccc1CN1CCN([C@@H](C)C(=O)NC(=O)NC2CC2)CC1. The fourth-order valence-corrected chi connectivity index (χ4v) is 3.17. The Morgan fingerprint density at radius 3 is 2.48 bits per heavy atom. The molecule has 6 heteroatoms. The fraction of sp³-hybridized carbons (Fsp3) is 0.579. The Morgan fingerprint density at radius 2 is 1.84 bits per heavy atom. The van der Waals surface area contributed by atoms with Crippen molar-refractivity contribution < 1.29 is 9.59 Å². The summed E-state index contributed by atoms with van der Waals surface area (Å²) < 4.78 is 0. The highest BCUT2D eigenvalue weighted by Crippen LogP contribution is 2.18. The van der Waals surface area contributed by atoms with E-state index >= 15 is 0 Å². The van der Waals surface area contributed by atoms with Gasteiger partial charge in [-0.15, -0.1) is 0 Å². The molecule has 1 aliphatic heterocycles. The first-order valence-corrected chi connectivity index (χ1v) is 9.15. The highest BCUT2D eigenvalue weighted by Gasteiger charge is 2.28. The molecule has 1 saturated carbocycles. The second-order valence-corrected chi connectivity index (χ2v) is 7.15. The summed E-state index contributed by atoms with van der Waals surface area (Å²) in [5, 5.41) is 5.25. The lowest BCUT2D eigenvalue weighted by molar-refractivity contribution is -0.125. The van der Waals surface area contributed by atoms with Crippen molar-refractivity contribution in [2.24, 2.45) is 0 Å². The van der Waals surface area contributed by atoms with Crippen LogP contribution in [0.1, 0.15) is 30.9 Å². The lowest BCUT2D eigenvalue weighted by atomic mass is 10.1. The largest absolute Gasteiger partial charge is 0.335 e. The summed E-state index contributed by atoms with van der Waals surface area (Å²) in [7, 11) is 0. The van der Waals surface area contributed by atoms with E-state index in [1.54, 1.807) is 0 Å². The van der Waals surface area contributed by atoms with Crippen LogP contribution in [0.5, 0.6) is 0 Å². The molecular weight excluding hydrogens is 316 g/mol. The Balaban J connectivity index is 1.43. The van der Waals surface area contributed by atoms with Crippen LogP contribution in [0.3, 0.4) is 0 Å². The Labute approximate surface area is 149 Å². The van der Waals surface area contributed by atoms with Gasteiger partial charge in [-0.3, -0.25) is 19.9 Å².